The lowest BCUT2D eigenvalue weighted by Crippen LogP contribution is -2.12. The molecule has 1 aromatic carbocycles. The number of carbonyl (C=O) groups excluding carboxylic acids is 1. The fourth-order valence-corrected chi connectivity index (χ4v) is 4.90. The van der Waals surface area contributed by atoms with E-state index in [0.717, 1.165) is 41.2 Å². The number of aromatic nitrogens is 2. The molecule has 0 fully saturated rings. The highest BCUT2D eigenvalue weighted by molar-refractivity contribution is 7.99. The van der Waals surface area contributed by atoms with Crippen LogP contribution in [0.1, 0.15) is 35.2 Å². The summed E-state index contributed by atoms with van der Waals surface area (Å²) in [5.74, 6) is 0.490. The van der Waals surface area contributed by atoms with Crippen molar-refractivity contribution in [3.05, 3.63) is 58.1 Å². The number of pyridine rings is 1. The van der Waals surface area contributed by atoms with Gasteiger partial charge in [-0.15, -0.1) is 23.1 Å². The first-order valence-electron chi connectivity index (χ1n) is 9.50. The van der Waals surface area contributed by atoms with Crippen LogP contribution in [-0.2, 0) is 17.6 Å². The van der Waals surface area contributed by atoms with Crippen LogP contribution in [0.25, 0.3) is 11.3 Å². The van der Waals surface area contributed by atoms with E-state index < -0.39 is 0 Å². The highest BCUT2D eigenvalue weighted by Gasteiger charge is 2.17. The molecule has 1 aliphatic rings. The van der Waals surface area contributed by atoms with Crippen LogP contribution in [0.4, 0.5) is 5.13 Å². The highest BCUT2D eigenvalue weighted by Crippen LogP contribution is 2.29. The average molecular weight is 421 g/mol. The highest BCUT2D eigenvalue weighted by atomic mass is 32.2. The Labute approximate surface area is 178 Å². The molecule has 0 unspecified atom stereocenters. The van der Waals surface area contributed by atoms with Crippen molar-refractivity contribution in [3.8, 4) is 17.3 Å². The Morgan fingerprint density at radius 3 is 2.90 bits per heavy atom. The maximum Gasteiger partial charge on any atom is 0.226 e. The Bertz CT molecular complexity index is 1080. The second-order valence-corrected chi connectivity index (χ2v) is 8.90. The molecule has 1 N–H and O–H groups in total. The molecule has 5 nitrogen and oxygen atoms in total. The minimum absolute atomic E-state index is 0.0815. The summed E-state index contributed by atoms with van der Waals surface area (Å²) in [4.78, 5) is 21.4. The molecule has 0 atom stereocenters. The van der Waals surface area contributed by atoms with Crippen molar-refractivity contribution in [2.75, 3.05) is 11.1 Å². The number of hydrogen-bond donors (Lipinski definition) is 1. The standard InChI is InChI=1S/C22H20N4OS2/c1-14-5-7-15(8-6-14)19-13-29-22(25-19)26-20(27)9-10-28-21-17(12-23)11-16-3-2-4-18(16)24-21/h5-8,11,13H,2-4,9-10H2,1H3,(H,25,26,27). The number of anilines is 1. The zero-order valence-corrected chi connectivity index (χ0v) is 17.7. The van der Waals surface area contributed by atoms with Crippen molar-refractivity contribution in [1.29, 1.82) is 5.26 Å². The van der Waals surface area contributed by atoms with E-state index in [0.29, 0.717) is 22.9 Å². The zero-order valence-electron chi connectivity index (χ0n) is 16.1. The average Bonchev–Trinajstić information content (AvgIpc) is 3.37. The molecule has 1 aliphatic carbocycles. The van der Waals surface area contributed by atoms with Gasteiger partial charge in [-0.25, -0.2) is 9.97 Å². The first-order valence-corrected chi connectivity index (χ1v) is 11.4. The topological polar surface area (TPSA) is 78.7 Å². The van der Waals surface area contributed by atoms with E-state index in [1.165, 1.54) is 34.2 Å². The number of thioether (sulfide) groups is 1. The number of amides is 1. The van der Waals surface area contributed by atoms with Gasteiger partial charge >= 0.3 is 0 Å². The van der Waals surface area contributed by atoms with E-state index in [1.807, 2.05) is 42.6 Å². The number of nitrogens with one attached hydrogen (secondary N) is 1. The van der Waals surface area contributed by atoms with Crippen molar-refractivity contribution < 1.29 is 4.79 Å². The summed E-state index contributed by atoms with van der Waals surface area (Å²) < 4.78 is 0. The summed E-state index contributed by atoms with van der Waals surface area (Å²) in [5.41, 5.74) is 6.00. The molecule has 29 heavy (non-hydrogen) atoms. The van der Waals surface area contributed by atoms with Crippen LogP contribution in [0.5, 0.6) is 0 Å². The van der Waals surface area contributed by atoms with Crippen LogP contribution in [-0.4, -0.2) is 21.6 Å². The molecule has 0 spiro atoms. The summed E-state index contributed by atoms with van der Waals surface area (Å²) in [7, 11) is 0. The van der Waals surface area contributed by atoms with Crippen LogP contribution in [0.3, 0.4) is 0 Å². The summed E-state index contributed by atoms with van der Waals surface area (Å²) in [5, 5.41) is 15.5. The minimum Gasteiger partial charge on any atom is -0.302 e. The number of thiazole rings is 1. The van der Waals surface area contributed by atoms with Crippen molar-refractivity contribution in [3.63, 3.8) is 0 Å². The van der Waals surface area contributed by atoms with Gasteiger partial charge in [-0.1, -0.05) is 29.8 Å². The molecule has 3 aromatic rings. The van der Waals surface area contributed by atoms with Crippen molar-refractivity contribution in [2.24, 2.45) is 0 Å². The number of carbonyl (C=O) groups is 1. The van der Waals surface area contributed by atoms with Gasteiger partial charge < -0.3 is 5.32 Å². The van der Waals surface area contributed by atoms with Gasteiger partial charge in [0.25, 0.3) is 0 Å². The second kappa shape index (κ2) is 8.76. The van der Waals surface area contributed by atoms with Crippen LogP contribution >= 0.6 is 23.1 Å². The molecular formula is C22H20N4OS2. The molecule has 0 bridgehead atoms. The van der Waals surface area contributed by atoms with E-state index in [2.05, 4.69) is 21.4 Å². The Balaban J connectivity index is 1.32. The van der Waals surface area contributed by atoms with Gasteiger partial charge in [0.2, 0.25) is 5.91 Å². The molecule has 1 amide bonds. The number of fused-ring (bicyclic) bond motifs is 1. The summed E-state index contributed by atoms with van der Waals surface area (Å²) in [6.07, 6.45) is 3.42. The molecule has 146 valence electrons. The maximum absolute atomic E-state index is 12.3. The normalized spacial score (nSPS) is 12.4. The van der Waals surface area contributed by atoms with E-state index in [1.54, 1.807) is 0 Å². The van der Waals surface area contributed by atoms with E-state index in [9.17, 15) is 10.1 Å². The third-order valence-corrected chi connectivity index (χ3v) is 6.55. The van der Waals surface area contributed by atoms with Crippen LogP contribution in [0.2, 0.25) is 0 Å². The van der Waals surface area contributed by atoms with Gasteiger partial charge in [0.1, 0.15) is 11.1 Å². The first kappa shape index (κ1) is 19.6. The lowest BCUT2D eigenvalue weighted by molar-refractivity contribution is -0.115. The number of rotatable bonds is 6. The fourth-order valence-electron chi connectivity index (χ4n) is 3.25. The fraction of sp³-hybridized carbons (Fsp3) is 0.273. The number of aryl methyl sites for hydroxylation is 3. The lowest BCUT2D eigenvalue weighted by Gasteiger charge is -2.06. The Morgan fingerprint density at radius 1 is 1.28 bits per heavy atom. The summed E-state index contributed by atoms with van der Waals surface area (Å²) in [6, 6.07) is 12.3. The van der Waals surface area contributed by atoms with Gasteiger partial charge in [0, 0.05) is 28.8 Å². The predicted octanol–water partition coefficient (Wildman–Crippen LogP) is 4.99. The smallest absolute Gasteiger partial charge is 0.226 e. The number of nitrogens with zero attached hydrogens (tertiary/aromatic N) is 3. The largest absolute Gasteiger partial charge is 0.302 e. The van der Waals surface area contributed by atoms with Crippen molar-refractivity contribution in [1.82, 2.24) is 9.97 Å². The quantitative estimate of drug-likeness (QED) is 0.568. The Morgan fingerprint density at radius 2 is 2.10 bits per heavy atom. The van der Waals surface area contributed by atoms with Gasteiger partial charge in [0.05, 0.1) is 11.3 Å². The molecule has 7 heteroatoms. The SMILES string of the molecule is Cc1ccc(-c2csc(NC(=O)CCSc3nc4c(cc3C#N)CCC4)n2)cc1. The number of nitriles is 1. The molecule has 4 rings (SSSR count). The molecular weight excluding hydrogens is 400 g/mol. The number of benzene rings is 1. The van der Waals surface area contributed by atoms with E-state index >= 15 is 0 Å². The van der Waals surface area contributed by atoms with Gasteiger partial charge in [-0.3, -0.25) is 4.79 Å². The predicted molar refractivity (Wildman–Crippen MR) is 117 cm³/mol. The monoisotopic (exact) mass is 420 g/mol. The summed E-state index contributed by atoms with van der Waals surface area (Å²) >= 11 is 2.89. The second-order valence-electron chi connectivity index (χ2n) is 6.96. The molecule has 2 aromatic heterocycles. The Kier molecular flexibility index (Phi) is 5.93. The van der Waals surface area contributed by atoms with Gasteiger partial charge in [-0.2, -0.15) is 5.26 Å². The Hall–Kier alpha value is -2.69. The molecule has 0 aliphatic heterocycles. The molecule has 0 radical (unpaired) electrons. The zero-order chi connectivity index (χ0) is 20.2. The lowest BCUT2D eigenvalue weighted by atomic mass is 10.1. The van der Waals surface area contributed by atoms with E-state index in [4.69, 9.17) is 0 Å². The molecule has 0 saturated heterocycles. The van der Waals surface area contributed by atoms with Crippen LogP contribution in [0.15, 0.2) is 40.7 Å². The van der Waals surface area contributed by atoms with Gasteiger partial charge in [0.15, 0.2) is 5.13 Å². The van der Waals surface area contributed by atoms with Crippen LogP contribution in [0, 0.1) is 18.3 Å². The van der Waals surface area contributed by atoms with Crippen molar-refractivity contribution in [2.45, 2.75) is 37.6 Å². The first-order chi connectivity index (χ1) is 14.1. The number of hydrogen-bond acceptors (Lipinski definition) is 6. The van der Waals surface area contributed by atoms with Gasteiger partial charge in [-0.05, 0) is 37.8 Å². The minimum atomic E-state index is -0.0815. The third kappa shape index (κ3) is 4.66. The van der Waals surface area contributed by atoms with Crippen molar-refractivity contribution >= 4 is 34.1 Å². The summed E-state index contributed by atoms with van der Waals surface area (Å²) in [6.45, 7) is 2.05. The molecule has 0 saturated carbocycles. The third-order valence-electron chi connectivity index (χ3n) is 4.80. The molecule has 2 heterocycles. The van der Waals surface area contributed by atoms with Crippen LogP contribution < -0.4 is 5.32 Å². The maximum atomic E-state index is 12.3. The van der Waals surface area contributed by atoms with E-state index in [-0.39, 0.29) is 5.91 Å².